The predicted octanol–water partition coefficient (Wildman–Crippen LogP) is 2.95. The Morgan fingerprint density at radius 3 is 2.16 bits per heavy atom. The quantitative estimate of drug-likeness (QED) is 0.912. The Morgan fingerprint density at radius 2 is 1.64 bits per heavy atom. The van der Waals surface area contributed by atoms with E-state index in [1.807, 2.05) is 36.4 Å². The summed E-state index contributed by atoms with van der Waals surface area (Å²) in [7, 11) is 0. The number of benzene rings is 2. The minimum absolute atomic E-state index is 0.0866. The van der Waals surface area contributed by atoms with Gasteiger partial charge < -0.3 is 14.7 Å². The van der Waals surface area contributed by atoms with Gasteiger partial charge in [-0.05, 0) is 12.1 Å². The molecule has 0 bridgehead atoms. The molecule has 2 aromatic rings. The molecule has 0 saturated carbocycles. The first kappa shape index (κ1) is 15.6. The average Bonchev–Trinajstić information content (AvgIpc) is 3.03. The van der Waals surface area contributed by atoms with Gasteiger partial charge in [0.2, 0.25) is 11.6 Å². The standard InChI is InChI=1S/C19H16FNO4/c20-19(18(23)24)9-10-21(11-19)17(22)16-12-5-1-3-7-14(12)25-15-8-4-2-6-13(15)16/h1-8,16H,9-11H2,(H,23,24). The second-order valence-electron chi connectivity index (χ2n) is 6.39. The van der Waals surface area contributed by atoms with Crippen molar-refractivity contribution in [3.63, 3.8) is 0 Å². The molecule has 1 amide bonds. The molecule has 0 aromatic heterocycles. The Balaban J connectivity index is 1.73. The Labute approximate surface area is 143 Å². The van der Waals surface area contributed by atoms with E-state index in [1.165, 1.54) is 4.90 Å². The number of rotatable bonds is 2. The second kappa shape index (κ2) is 5.58. The number of fused-ring (bicyclic) bond motifs is 2. The van der Waals surface area contributed by atoms with Gasteiger partial charge in [-0.25, -0.2) is 9.18 Å². The highest BCUT2D eigenvalue weighted by Crippen LogP contribution is 2.45. The topological polar surface area (TPSA) is 66.8 Å². The van der Waals surface area contributed by atoms with Crippen LogP contribution in [0.1, 0.15) is 23.5 Å². The fourth-order valence-electron chi connectivity index (χ4n) is 3.49. The van der Waals surface area contributed by atoms with Gasteiger partial charge in [-0.3, -0.25) is 4.79 Å². The summed E-state index contributed by atoms with van der Waals surface area (Å²) in [5.74, 6) is -1.27. The number of hydrogen-bond acceptors (Lipinski definition) is 3. The van der Waals surface area contributed by atoms with Gasteiger partial charge in [-0.1, -0.05) is 36.4 Å². The molecule has 4 rings (SSSR count). The minimum atomic E-state index is -2.38. The van der Waals surface area contributed by atoms with Crippen molar-refractivity contribution < 1.29 is 23.8 Å². The molecule has 1 fully saturated rings. The Morgan fingerprint density at radius 1 is 1.08 bits per heavy atom. The Hall–Kier alpha value is -2.89. The van der Waals surface area contributed by atoms with Crippen LogP contribution in [0.3, 0.4) is 0 Å². The van der Waals surface area contributed by atoms with Crippen LogP contribution in [0.5, 0.6) is 11.5 Å². The number of carbonyl (C=O) groups is 2. The van der Waals surface area contributed by atoms with Crippen LogP contribution in [0.4, 0.5) is 4.39 Å². The molecule has 1 N–H and O–H groups in total. The van der Waals surface area contributed by atoms with Gasteiger partial charge in [-0.15, -0.1) is 0 Å². The SMILES string of the molecule is O=C(C1c2ccccc2Oc2ccccc21)N1CCC(F)(C(=O)O)C1. The van der Waals surface area contributed by atoms with Crippen LogP contribution in [0.25, 0.3) is 0 Å². The van der Waals surface area contributed by atoms with E-state index >= 15 is 0 Å². The minimum Gasteiger partial charge on any atom is -0.479 e. The maximum atomic E-state index is 14.4. The number of carbonyl (C=O) groups excluding carboxylic acids is 1. The summed E-state index contributed by atoms with van der Waals surface area (Å²) in [6.45, 7) is -0.341. The van der Waals surface area contributed by atoms with Crippen molar-refractivity contribution in [2.24, 2.45) is 0 Å². The number of para-hydroxylation sites is 2. The van der Waals surface area contributed by atoms with E-state index < -0.39 is 24.1 Å². The zero-order chi connectivity index (χ0) is 17.6. The monoisotopic (exact) mass is 341 g/mol. The summed E-state index contributed by atoms with van der Waals surface area (Å²) in [6.07, 6.45) is -0.194. The molecule has 128 valence electrons. The smallest absolute Gasteiger partial charge is 0.343 e. The predicted molar refractivity (Wildman–Crippen MR) is 87.5 cm³/mol. The van der Waals surface area contributed by atoms with Gasteiger partial charge in [0.25, 0.3) is 0 Å². The molecular formula is C19H16FNO4. The number of aliphatic carboxylic acids is 1. The van der Waals surface area contributed by atoms with Crippen LogP contribution < -0.4 is 4.74 Å². The molecule has 0 aliphatic carbocycles. The number of likely N-dealkylation sites (tertiary alicyclic amines) is 1. The summed E-state index contributed by atoms with van der Waals surface area (Å²) in [4.78, 5) is 25.6. The highest BCUT2D eigenvalue weighted by Gasteiger charge is 2.48. The molecule has 2 aromatic carbocycles. The van der Waals surface area contributed by atoms with Crippen molar-refractivity contribution in [2.75, 3.05) is 13.1 Å². The lowest BCUT2D eigenvalue weighted by Gasteiger charge is -2.30. The third kappa shape index (κ3) is 2.45. The maximum absolute atomic E-state index is 14.4. The lowest BCUT2D eigenvalue weighted by atomic mass is 9.87. The molecule has 1 saturated heterocycles. The Kier molecular flexibility index (Phi) is 3.49. The number of halogens is 1. The number of alkyl halides is 1. The van der Waals surface area contributed by atoms with Crippen LogP contribution in [0.15, 0.2) is 48.5 Å². The summed E-state index contributed by atoms with van der Waals surface area (Å²) in [5.41, 5.74) is -0.962. The molecule has 0 radical (unpaired) electrons. The fourth-order valence-corrected chi connectivity index (χ4v) is 3.49. The van der Waals surface area contributed by atoms with E-state index in [9.17, 15) is 14.0 Å². The third-order valence-electron chi connectivity index (χ3n) is 4.84. The number of ether oxygens (including phenoxy) is 1. The molecule has 25 heavy (non-hydrogen) atoms. The van der Waals surface area contributed by atoms with Gasteiger partial charge in [0.05, 0.1) is 12.5 Å². The van der Waals surface area contributed by atoms with Gasteiger partial charge in [0.1, 0.15) is 11.5 Å². The van der Waals surface area contributed by atoms with Crippen LogP contribution in [0, 0.1) is 0 Å². The lowest BCUT2D eigenvalue weighted by molar-refractivity contribution is -0.150. The van der Waals surface area contributed by atoms with Gasteiger partial charge in [0, 0.05) is 24.1 Å². The molecule has 2 aliphatic rings. The number of nitrogens with zero attached hydrogens (tertiary/aromatic N) is 1. The molecule has 0 spiro atoms. The van der Waals surface area contributed by atoms with E-state index in [1.54, 1.807) is 12.1 Å². The zero-order valence-corrected chi connectivity index (χ0v) is 13.3. The largest absolute Gasteiger partial charge is 0.479 e. The molecule has 2 aliphatic heterocycles. The van der Waals surface area contributed by atoms with E-state index in [0.29, 0.717) is 22.6 Å². The highest BCUT2D eigenvalue weighted by molar-refractivity contribution is 5.91. The molecular weight excluding hydrogens is 325 g/mol. The number of carboxylic acids is 1. The van der Waals surface area contributed by atoms with Crippen LogP contribution in [0.2, 0.25) is 0 Å². The zero-order valence-electron chi connectivity index (χ0n) is 13.3. The maximum Gasteiger partial charge on any atom is 0.343 e. The molecule has 2 heterocycles. The van der Waals surface area contributed by atoms with E-state index in [0.717, 1.165) is 0 Å². The summed E-state index contributed by atoms with van der Waals surface area (Å²) >= 11 is 0. The van der Waals surface area contributed by atoms with Crippen LogP contribution in [-0.4, -0.2) is 40.6 Å². The van der Waals surface area contributed by atoms with Gasteiger partial charge in [-0.2, -0.15) is 0 Å². The van der Waals surface area contributed by atoms with Crippen LogP contribution in [-0.2, 0) is 9.59 Å². The number of hydrogen-bond donors (Lipinski definition) is 1. The molecule has 6 heteroatoms. The van der Waals surface area contributed by atoms with E-state index in [-0.39, 0.29) is 18.9 Å². The lowest BCUT2D eigenvalue weighted by Crippen LogP contribution is -2.41. The van der Waals surface area contributed by atoms with E-state index in [2.05, 4.69) is 0 Å². The normalized spacial score (nSPS) is 22.0. The molecule has 1 atom stereocenters. The fraction of sp³-hybridized carbons (Fsp3) is 0.263. The van der Waals surface area contributed by atoms with Crippen molar-refractivity contribution >= 4 is 11.9 Å². The first-order valence-corrected chi connectivity index (χ1v) is 8.06. The molecule has 5 nitrogen and oxygen atoms in total. The van der Waals surface area contributed by atoms with Crippen molar-refractivity contribution in [2.45, 2.75) is 18.0 Å². The van der Waals surface area contributed by atoms with Gasteiger partial charge >= 0.3 is 5.97 Å². The third-order valence-corrected chi connectivity index (χ3v) is 4.84. The number of amides is 1. The average molecular weight is 341 g/mol. The van der Waals surface area contributed by atoms with Gasteiger partial charge in [0.15, 0.2) is 0 Å². The van der Waals surface area contributed by atoms with E-state index in [4.69, 9.17) is 9.84 Å². The summed E-state index contributed by atoms with van der Waals surface area (Å²) < 4.78 is 20.2. The summed E-state index contributed by atoms with van der Waals surface area (Å²) in [5, 5.41) is 9.06. The molecule has 1 unspecified atom stereocenters. The first-order chi connectivity index (χ1) is 12.0. The van der Waals surface area contributed by atoms with Crippen LogP contribution >= 0.6 is 0 Å². The van der Waals surface area contributed by atoms with Crippen molar-refractivity contribution in [1.29, 1.82) is 0 Å². The number of carboxylic acid groups (broad SMARTS) is 1. The highest BCUT2D eigenvalue weighted by atomic mass is 19.1. The summed E-state index contributed by atoms with van der Waals surface area (Å²) in [6, 6.07) is 14.5. The Bertz CT molecular complexity index is 823. The second-order valence-corrected chi connectivity index (χ2v) is 6.39. The van der Waals surface area contributed by atoms with Crippen molar-refractivity contribution in [3.05, 3.63) is 59.7 Å². The first-order valence-electron chi connectivity index (χ1n) is 8.06. The van der Waals surface area contributed by atoms with Crippen molar-refractivity contribution in [3.8, 4) is 11.5 Å². The van der Waals surface area contributed by atoms with Crippen molar-refractivity contribution in [1.82, 2.24) is 4.90 Å².